The second-order valence-electron chi connectivity index (χ2n) is 5.94. The SMILES string of the molecule is CN1CCCN2CCCN=C12.O=S(=O)(O)C(F)(F)C(F)(F)C(F)(F)C(F)(F)F. The molecule has 0 atom stereocenters. The molecule has 1 N–H and O–H groups in total. The van der Waals surface area contributed by atoms with E-state index < -0.39 is 33.4 Å². The molecule has 1 saturated heterocycles. The van der Waals surface area contributed by atoms with Gasteiger partial charge in [-0.1, -0.05) is 0 Å². The van der Waals surface area contributed by atoms with Crippen molar-refractivity contribution in [1.29, 1.82) is 0 Å². The van der Waals surface area contributed by atoms with Gasteiger partial charge in [-0.2, -0.15) is 47.9 Å². The van der Waals surface area contributed by atoms with Crippen LogP contribution in [0.3, 0.4) is 0 Å². The van der Waals surface area contributed by atoms with Crippen LogP contribution in [0.4, 0.5) is 39.5 Å². The van der Waals surface area contributed by atoms with Crippen LogP contribution in [-0.4, -0.2) is 85.2 Å². The third-order valence-corrected chi connectivity index (χ3v) is 4.73. The lowest BCUT2D eigenvalue weighted by atomic mass is 10.1. The summed E-state index contributed by atoms with van der Waals surface area (Å²) in [5.41, 5.74) is 0. The second kappa shape index (κ2) is 7.76. The van der Waals surface area contributed by atoms with Crippen LogP contribution >= 0.6 is 0 Å². The van der Waals surface area contributed by atoms with Gasteiger partial charge in [-0.15, -0.1) is 0 Å². The molecule has 0 radical (unpaired) electrons. The minimum Gasteiger partial charge on any atom is -0.346 e. The van der Waals surface area contributed by atoms with E-state index in [1.165, 1.54) is 38.4 Å². The van der Waals surface area contributed by atoms with Gasteiger partial charge in [-0.05, 0) is 12.8 Å². The van der Waals surface area contributed by atoms with Crippen molar-refractivity contribution in [3.05, 3.63) is 0 Å². The fraction of sp³-hybridized carbons (Fsp3) is 0.917. The lowest BCUT2D eigenvalue weighted by Crippen LogP contribution is -2.63. The molecule has 2 rings (SSSR count). The van der Waals surface area contributed by atoms with Crippen LogP contribution in [0.25, 0.3) is 0 Å². The Hall–Kier alpha value is -1.45. The Bertz CT molecular complexity index is 694. The van der Waals surface area contributed by atoms with Crippen molar-refractivity contribution < 1.29 is 52.5 Å². The number of hydrogen-bond donors (Lipinski definition) is 1. The monoisotopic (exact) mass is 453 g/mol. The van der Waals surface area contributed by atoms with Gasteiger partial charge in [0.25, 0.3) is 0 Å². The molecule has 0 unspecified atom stereocenters. The highest BCUT2D eigenvalue weighted by Gasteiger charge is 2.85. The first-order chi connectivity index (χ1) is 12.4. The summed E-state index contributed by atoms with van der Waals surface area (Å²) < 4.78 is 134. The smallest absolute Gasteiger partial charge is 0.346 e. The Balaban J connectivity index is 0.000000302. The normalized spacial score (nSPS) is 19.5. The van der Waals surface area contributed by atoms with E-state index in [9.17, 15) is 47.9 Å². The first-order valence-corrected chi connectivity index (χ1v) is 8.99. The van der Waals surface area contributed by atoms with Crippen LogP contribution in [0, 0.1) is 0 Å². The molecule has 2 heterocycles. The number of guanidine groups is 1. The molecular formula is C12H16F9N3O3S. The third kappa shape index (κ3) is 4.41. The Morgan fingerprint density at radius 3 is 1.82 bits per heavy atom. The summed E-state index contributed by atoms with van der Waals surface area (Å²) in [6.45, 7) is 4.62. The fourth-order valence-electron chi connectivity index (χ4n) is 2.34. The maximum atomic E-state index is 12.2. The molecule has 2 aliphatic heterocycles. The minimum absolute atomic E-state index is 1.02. The van der Waals surface area contributed by atoms with Crippen molar-refractivity contribution >= 4 is 16.1 Å². The number of rotatable bonds is 3. The molecule has 2 aliphatic rings. The van der Waals surface area contributed by atoms with Gasteiger partial charge in [0.2, 0.25) is 0 Å². The van der Waals surface area contributed by atoms with Crippen LogP contribution in [-0.2, 0) is 10.1 Å². The summed E-state index contributed by atoms with van der Waals surface area (Å²) in [5.74, 6) is -13.5. The van der Waals surface area contributed by atoms with Crippen molar-refractivity contribution in [2.24, 2.45) is 4.99 Å². The lowest BCUT2D eigenvalue weighted by molar-refractivity contribution is -0.382. The van der Waals surface area contributed by atoms with E-state index in [4.69, 9.17) is 4.55 Å². The Labute approximate surface area is 153 Å². The average molecular weight is 453 g/mol. The topological polar surface area (TPSA) is 73.2 Å². The maximum absolute atomic E-state index is 12.2. The zero-order valence-corrected chi connectivity index (χ0v) is 15.0. The average Bonchev–Trinajstić information content (AvgIpc) is 2.53. The maximum Gasteiger partial charge on any atom is 0.460 e. The second-order valence-corrected chi connectivity index (χ2v) is 7.40. The van der Waals surface area contributed by atoms with E-state index >= 15 is 0 Å². The molecule has 1 fully saturated rings. The van der Waals surface area contributed by atoms with Crippen LogP contribution < -0.4 is 0 Å². The third-order valence-electron chi connectivity index (χ3n) is 3.83. The van der Waals surface area contributed by atoms with Crippen molar-refractivity contribution in [2.75, 3.05) is 33.2 Å². The van der Waals surface area contributed by atoms with Crippen LogP contribution in [0.1, 0.15) is 12.8 Å². The van der Waals surface area contributed by atoms with E-state index in [0.29, 0.717) is 0 Å². The first kappa shape index (κ1) is 24.6. The standard InChI is InChI=1S/C8H15N3.C4HF9O3S/c1-10-5-3-7-11-6-2-4-9-8(10)11;5-1(6,3(9,10)11)2(7,8)4(12,13)17(14,15)16/h2-7H2,1H3;(H,14,15,16). The summed E-state index contributed by atoms with van der Waals surface area (Å²) >= 11 is 0. The number of fused-ring (bicyclic) bond motifs is 1. The van der Waals surface area contributed by atoms with Gasteiger partial charge >= 0.3 is 33.4 Å². The molecule has 0 aromatic carbocycles. The van der Waals surface area contributed by atoms with Crippen molar-refractivity contribution in [2.45, 2.75) is 36.1 Å². The van der Waals surface area contributed by atoms with Gasteiger partial charge in [0.05, 0.1) is 0 Å². The quantitative estimate of drug-likeness (QED) is 0.526. The van der Waals surface area contributed by atoms with Crippen molar-refractivity contribution in [3.63, 3.8) is 0 Å². The van der Waals surface area contributed by atoms with Gasteiger partial charge in [0.15, 0.2) is 5.96 Å². The van der Waals surface area contributed by atoms with Crippen molar-refractivity contribution in [1.82, 2.24) is 9.80 Å². The number of aliphatic imine (C=N–C) groups is 1. The molecule has 0 bridgehead atoms. The highest BCUT2D eigenvalue weighted by atomic mass is 32.2. The highest BCUT2D eigenvalue weighted by Crippen LogP contribution is 2.54. The van der Waals surface area contributed by atoms with Gasteiger partial charge in [-0.3, -0.25) is 9.55 Å². The number of alkyl halides is 9. The van der Waals surface area contributed by atoms with E-state index in [-0.39, 0.29) is 0 Å². The predicted molar refractivity (Wildman–Crippen MR) is 78.2 cm³/mol. The number of hydrogen-bond acceptors (Lipinski definition) is 5. The van der Waals surface area contributed by atoms with E-state index in [2.05, 4.69) is 21.8 Å². The molecule has 0 amide bonds. The molecule has 16 heteroatoms. The fourth-order valence-corrected chi connectivity index (χ4v) is 2.79. The summed E-state index contributed by atoms with van der Waals surface area (Å²) in [6.07, 6.45) is -4.61. The van der Waals surface area contributed by atoms with Gasteiger partial charge in [0.1, 0.15) is 0 Å². The molecule has 166 valence electrons. The molecule has 28 heavy (non-hydrogen) atoms. The van der Waals surface area contributed by atoms with Gasteiger partial charge in [0, 0.05) is 33.2 Å². The zero-order valence-electron chi connectivity index (χ0n) is 14.2. The van der Waals surface area contributed by atoms with Crippen LogP contribution in [0.15, 0.2) is 4.99 Å². The highest BCUT2D eigenvalue weighted by molar-refractivity contribution is 7.87. The largest absolute Gasteiger partial charge is 0.460 e. The summed E-state index contributed by atoms with van der Waals surface area (Å²) in [7, 11) is -5.03. The van der Waals surface area contributed by atoms with Gasteiger partial charge < -0.3 is 9.80 Å². The van der Waals surface area contributed by atoms with Crippen LogP contribution in [0.2, 0.25) is 0 Å². The van der Waals surface area contributed by atoms with Crippen molar-refractivity contribution in [3.8, 4) is 0 Å². The molecule has 0 aromatic rings. The van der Waals surface area contributed by atoms with Gasteiger partial charge in [-0.25, -0.2) is 0 Å². The minimum atomic E-state index is -7.37. The zero-order chi connectivity index (χ0) is 22.2. The molecule has 6 nitrogen and oxygen atoms in total. The Morgan fingerprint density at radius 2 is 1.39 bits per heavy atom. The van der Waals surface area contributed by atoms with E-state index in [1.807, 2.05) is 0 Å². The summed E-state index contributed by atoms with van der Waals surface area (Å²) in [4.78, 5) is 9.16. The molecule has 0 aliphatic carbocycles. The lowest BCUT2D eigenvalue weighted by Gasteiger charge is -2.39. The van der Waals surface area contributed by atoms with Crippen LogP contribution in [0.5, 0.6) is 0 Å². The molecule has 0 aromatic heterocycles. The van der Waals surface area contributed by atoms with E-state index in [0.717, 1.165) is 6.54 Å². The first-order valence-electron chi connectivity index (χ1n) is 7.55. The number of halogens is 9. The molecule has 0 saturated carbocycles. The molecular weight excluding hydrogens is 437 g/mol. The summed E-state index contributed by atoms with van der Waals surface area (Å²) in [6, 6.07) is 0. The molecule has 0 spiro atoms. The summed E-state index contributed by atoms with van der Waals surface area (Å²) in [5, 5.41) is -7.00. The van der Waals surface area contributed by atoms with E-state index in [1.54, 1.807) is 0 Å². The Kier molecular flexibility index (Phi) is 6.81. The predicted octanol–water partition coefficient (Wildman–Crippen LogP) is 2.68. The Morgan fingerprint density at radius 1 is 0.893 bits per heavy atom. The number of nitrogens with zero attached hydrogens (tertiary/aromatic N) is 3.